The van der Waals surface area contributed by atoms with Gasteiger partial charge in [-0.3, -0.25) is 4.79 Å². The molecule has 2 aliphatic rings. The quantitative estimate of drug-likeness (QED) is 0.751. The van der Waals surface area contributed by atoms with Crippen molar-refractivity contribution in [3.05, 3.63) is 29.8 Å². The third kappa shape index (κ3) is 2.04. The Bertz CT molecular complexity index is 538. The fourth-order valence-corrected chi connectivity index (χ4v) is 2.54. The highest BCUT2D eigenvalue weighted by Gasteiger charge is 2.37. The average molecular weight is 258 g/mol. The molecular formula is C14H14N2O3. The van der Waals surface area contributed by atoms with Crippen molar-refractivity contribution in [2.75, 3.05) is 26.4 Å². The van der Waals surface area contributed by atoms with Crippen molar-refractivity contribution in [2.45, 2.75) is 12.0 Å². The van der Waals surface area contributed by atoms with Crippen LogP contribution in [0.5, 0.6) is 5.75 Å². The van der Waals surface area contributed by atoms with Crippen LogP contribution in [0.4, 0.5) is 0 Å². The van der Waals surface area contributed by atoms with Crippen LogP contribution in [0.15, 0.2) is 24.3 Å². The van der Waals surface area contributed by atoms with Crippen LogP contribution in [-0.4, -0.2) is 43.2 Å². The third-order valence-electron chi connectivity index (χ3n) is 3.56. The maximum Gasteiger partial charge on any atom is 0.234 e. The topological polar surface area (TPSA) is 62.6 Å². The van der Waals surface area contributed by atoms with E-state index in [0.29, 0.717) is 19.8 Å². The van der Waals surface area contributed by atoms with Gasteiger partial charge in [0, 0.05) is 12.1 Å². The smallest absolute Gasteiger partial charge is 0.234 e. The number of hydrogen-bond donors (Lipinski definition) is 0. The first kappa shape index (κ1) is 12.0. The van der Waals surface area contributed by atoms with Crippen LogP contribution in [-0.2, 0) is 9.53 Å². The number of carbonyl (C=O) groups excluding carboxylic acids is 1. The Hall–Kier alpha value is -2.06. The molecule has 2 heterocycles. The first-order chi connectivity index (χ1) is 9.31. The Labute approximate surface area is 111 Å². The minimum atomic E-state index is -0.492. The van der Waals surface area contributed by atoms with Gasteiger partial charge < -0.3 is 14.4 Å². The summed E-state index contributed by atoms with van der Waals surface area (Å²) < 4.78 is 10.8. The number of para-hydroxylation sites is 1. The van der Waals surface area contributed by atoms with Crippen molar-refractivity contribution in [3.63, 3.8) is 0 Å². The van der Waals surface area contributed by atoms with E-state index in [9.17, 15) is 4.79 Å². The summed E-state index contributed by atoms with van der Waals surface area (Å²) in [6.07, 6.45) is 0. The first-order valence-electron chi connectivity index (χ1n) is 6.31. The van der Waals surface area contributed by atoms with E-state index in [4.69, 9.17) is 14.7 Å². The molecule has 5 nitrogen and oxygen atoms in total. The van der Waals surface area contributed by atoms with Crippen LogP contribution >= 0.6 is 0 Å². The number of ether oxygens (including phenoxy) is 2. The van der Waals surface area contributed by atoms with E-state index >= 15 is 0 Å². The zero-order valence-electron chi connectivity index (χ0n) is 10.4. The summed E-state index contributed by atoms with van der Waals surface area (Å²) >= 11 is 0. The second-order valence-corrected chi connectivity index (χ2v) is 4.65. The van der Waals surface area contributed by atoms with Gasteiger partial charge in [0.15, 0.2) is 0 Å². The molecule has 1 aromatic carbocycles. The molecule has 0 aromatic heterocycles. The van der Waals surface area contributed by atoms with Gasteiger partial charge in [-0.1, -0.05) is 18.2 Å². The Morgan fingerprint density at radius 1 is 1.37 bits per heavy atom. The maximum absolute atomic E-state index is 12.6. The summed E-state index contributed by atoms with van der Waals surface area (Å²) in [6.45, 7) is 1.60. The monoisotopic (exact) mass is 258 g/mol. The van der Waals surface area contributed by atoms with Crippen LogP contribution in [0.3, 0.4) is 0 Å². The predicted molar refractivity (Wildman–Crippen MR) is 66.6 cm³/mol. The van der Waals surface area contributed by atoms with Crippen LogP contribution < -0.4 is 4.74 Å². The van der Waals surface area contributed by atoms with Crippen molar-refractivity contribution < 1.29 is 14.3 Å². The summed E-state index contributed by atoms with van der Waals surface area (Å²) in [5, 5.41) is 9.09. The number of fused-ring (bicyclic) bond motifs is 1. The van der Waals surface area contributed by atoms with Gasteiger partial charge in [-0.25, -0.2) is 0 Å². The average Bonchev–Trinajstić information content (AvgIpc) is 2.90. The van der Waals surface area contributed by atoms with Crippen molar-refractivity contribution >= 4 is 5.91 Å². The zero-order chi connectivity index (χ0) is 13.2. The molecular weight excluding hydrogens is 244 g/mol. The Balaban J connectivity index is 1.83. The molecule has 0 unspecified atom stereocenters. The van der Waals surface area contributed by atoms with Gasteiger partial charge >= 0.3 is 0 Å². The molecule has 98 valence electrons. The number of carbonyl (C=O) groups is 1. The number of benzene rings is 1. The van der Waals surface area contributed by atoms with E-state index in [2.05, 4.69) is 6.07 Å². The van der Waals surface area contributed by atoms with Gasteiger partial charge in [-0.2, -0.15) is 5.26 Å². The van der Waals surface area contributed by atoms with Crippen molar-refractivity contribution in [1.82, 2.24) is 4.90 Å². The van der Waals surface area contributed by atoms with E-state index < -0.39 is 6.04 Å². The molecule has 0 N–H and O–H groups in total. The Kier molecular flexibility index (Phi) is 3.10. The van der Waals surface area contributed by atoms with Gasteiger partial charge in [0.05, 0.1) is 19.3 Å². The standard InChI is InChI=1S/C14H14N2O3/c15-7-10-8-18-6-5-16(10)14(17)12-9-19-13-4-2-1-3-11(12)13/h1-4,10,12H,5-6,8-9H2/t10-,12-/m1/s1. The van der Waals surface area contributed by atoms with Gasteiger partial charge in [0.2, 0.25) is 5.91 Å². The molecule has 19 heavy (non-hydrogen) atoms. The maximum atomic E-state index is 12.6. The lowest BCUT2D eigenvalue weighted by Crippen LogP contribution is -2.49. The second kappa shape index (κ2) is 4.90. The fourth-order valence-electron chi connectivity index (χ4n) is 2.54. The summed E-state index contributed by atoms with van der Waals surface area (Å²) in [5.41, 5.74) is 0.913. The fraction of sp³-hybridized carbons (Fsp3) is 0.429. The normalized spacial score (nSPS) is 25.3. The van der Waals surface area contributed by atoms with Crippen molar-refractivity contribution in [1.29, 1.82) is 5.26 Å². The van der Waals surface area contributed by atoms with E-state index in [1.807, 2.05) is 24.3 Å². The second-order valence-electron chi connectivity index (χ2n) is 4.65. The van der Waals surface area contributed by atoms with E-state index in [1.165, 1.54) is 0 Å². The van der Waals surface area contributed by atoms with E-state index in [0.717, 1.165) is 11.3 Å². The van der Waals surface area contributed by atoms with Gasteiger partial charge in [0.25, 0.3) is 0 Å². The third-order valence-corrected chi connectivity index (χ3v) is 3.56. The van der Waals surface area contributed by atoms with E-state index in [1.54, 1.807) is 4.90 Å². The molecule has 0 bridgehead atoms. The molecule has 1 fully saturated rings. The number of rotatable bonds is 1. The minimum absolute atomic E-state index is 0.0419. The Morgan fingerprint density at radius 3 is 3.05 bits per heavy atom. The molecule has 2 atom stereocenters. The summed E-state index contributed by atoms with van der Waals surface area (Å²) in [5.74, 6) is 0.424. The van der Waals surface area contributed by atoms with Crippen LogP contribution in [0.2, 0.25) is 0 Å². The van der Waals surface area contributed by atoms with Crippen molar-refractivity contribution in [3.8, 4) is 11.8 Å². The van der Waals surface area contributed by atoms with Crippen LogP contribution in [0.1, 0.15) is 11.5 Å². The lowest BCUT2D eigenvalue weighted by atomic mass is 9.99. The van der Waals surface area contributed by atoms with Gasteiger partial charge in [0.1, 0.15) is 24.3 Å². The number of amides is 1. The van der Waals surface area contributed by atoms with E-state index in [-0.39, 0.29) is 18.4 Å². The largest absolute Gasteiger partial charge is 0.492 e. The molecule has 1 saturated heterocycles. The molecule has 0 radical (unpaired) electrons. The predicted octanol–water partition coefficient (Wildman–Crippen LogP) is 0.914. The van der Waals surface area contributed by atoms with Gasteiger partial charge in [-0.05, 0) is 6.07 Å². The number of morpholine rings is 1. The zero-order valence-corrected chi connectivity index (χ0v) is 10.4. The number of hydrogen-bond acceptors (Lipinski definition) is 4. The summed E-state index contributed by atoms with van der Waals surface area (Å²) in [4.78, 5) is 14.2. The molecule has 3 rings (SSSR count). The highest BCUT2D eigenvalue weighted by Crippen LogP contribution is 2.35. The van der Waals surface area contributed by atoms with Crippen LogP contribution in [0, 0.1) is 11.3 Å². The molecule has 0 spiro atoms. The molecule has 1 aromatic rings. The summed E-state index contributed by atoms with van der Waals surface area (Å²) in [6, 6.07) is 9.19. The highest BCUT2D eigenvalue weighted by molar-refractivity contribution is 5.86. The number of nitriles is 1. The summed E-state index contributed by atoms with van der Waals surface area (Å²) in [7, 11) is 0. The van der Waals surface area contributed by atoms with Crippen LogP contribution in [0.25, 0.3) is 0 Å². The van der Waals surface area contributed by atoms with Crippen molar-refractivity contribution in [2.24, 2.45) is 0 Å². The lowest BCUT2D eigenvalue weighted by molar-refractivity contribution is -0.139. The molecule has 0 saturated carbocycles. The number of nitrogens with zero attached hydrogens (tertiary/aromatic N) is 2. The molecule has 1 amide bonds. The first-order valence-corrected chi connectivity index (χ1v) is 6.31. The minimum Gasteiger partial charge on any atom is -0.492 e. The lowest BCUT2D eigenvalue weighted by Gasteiger charge is -2.32. The molecule has 5 heteroatoms. The Morgan fingerprint density at radius 2 is 2.21 bits per heavy atom. The SMILES string of the molecule is N#C[C@@H]1COCCN1C(=O)[C@@H]1COc2ccccc21. The molecule has 0 aliphatic carbocycles. The highest BCUT2D eigenvalue weighted by atomic mass is 16.5. The molecule has 2 aliphatic heterocycles. The van der Waals surface area contributed by atoms with Gasteiger partial charge in [-0.15, -0.1) is 0 Å².